The summed E-state index contributed by atoms with van der Waals surface area (Å²) in [6.45, 7) is 0. The number of phenols is 1. The van der Waals surface area contributed by atoms with Gasteiger partial charge in [0.1, 0.15) is 5.75 Å². The van der Waals surface area contributed by atoms with Crippen molar-refractivity contribution in [1.29, 1.82) is 5.26 Å². The molecule has 1 aromatic carbocycles. The predicted octanol–water partition coefficient (Wildman–Crippen LogP) is 1.34. The zero-order valence-corrected chi connectivity index (χ0v) is 7.32. The Morgan fingerprint density at radius 2 is 2.36 bits per heavy atom. The van der Waals surface area contributed by atoms with E-state index in [0.29, 0.717) is 11.3 Å². The number of anilines is 1. The van der Waals surface area contributed by atoms with E-state index in [1.54, 1.807) is 12.1 Å². The first kappa shape index (κ1) is 8.57. The fourth-order valence-corrected chi connectivity index (χ4v) is 1.67. The molecule has 0 fully saturated rings. The number of hydrogen-bond acceptors (Lipinski definition) is 3. The zero-order valence-electron chi connectivity index (χ0n) is 7.32. The van der Waals surface area contributed by atoms with Gasteiger partial charge in [0.25, 0.3) is 0 Å². The molecular weight excluding hydrogens is 180 g/mol. The van der Waals surface area contributed by atoms with Gasteiger partial charge in [-0.25, -0.2) is 0 Å². The molecule has 0 spiro atoms. The first-order valence-electron chi connectivity index (χ1n) is 4.23. The third kappa shape index (κ3) is 1.11. The van der Waals surface area contributed by atoms with E-state index in [0.717, 1.165) is 0 Å². The van der Waals surface area contributed by atoms with Crippen LogP contribution in [0.25, 0.3) is 0 Å². The minimum atomic E-state index is -0.531. The number of nitriles is 1. The molecule has 1 aliphatic rings. The second kappa shape index (κ2) is 3.04. The molecule has 1 unspecified atom stereocenters. The second-order valence-corrected chi connectivity index (χ2v) is 3.14. The SMILES string of the molecule is N#CCC1C(=O)Nc2cccc(O)c21. The Labute approximate surface area is 80.8 Å². The van der Waals surface area contributed by atoms with E-state index >= 15 is 0 Å². The molecule has 0 saturated heterocycles. The van der Waals surface area contributed by atoms with Crippen LogP contribution < -0.4 is 5.32 Å². The van der Waals surface area contributed by atoms with Gasteiger partial charge in [0, 0.05) is 11.3 Å². The van der Waals surface area contributed by atoms with Crippen LogP contribution in [-0.4, -0.2) is 11.0 Å². The van der Waals surface area contributed by atoms with Gasteiger partial charge in [0.05, 0.1) is 18.4 Å². The number of carbonyl (C=O) groups is 1. The van der Waals surface area contributed by atoms with Crippen molar-refractivity contribution in [3.05, 3.63) is 23.8 Å². The molecule has 0 aromatic heterocycles. The molecule has 1 amide bonds. The summed E-state index contributed by atoms with van der Waals surface area (Å²) >= 11 is 0. The summed E-state index contributed by atoms with van der Waals surface area (Å²) in [5, 5.41) is 20.7. The van der Waals surface area contributed by atoms with Crippen LogP contribution in [0.2, 0.25) is 0 Å². The van der Waals surface area contributed by atoms with Crippen LogP contribution in [0.15, 0.2) is 18.2 Å². The van der Waals surface area contributed by atoms with Gasteiger partial charge >= 0.3 is 0 Å². The molecule has 70 valence electrons. The molecule has 0 aliphatic carbocycles. The fraction of sp³-hybridized carbons (Fsp3) is 0.200. The number of nitrogens with one attached hydrogen (secondary N) is 1. The molecule has 14 heavy (non-hydrogen) atoms. The Balaban J connectivity index is 2.51. The van der Waals surface area contributed by atoms with Crippen LogP contribution in [0.1, 0.15) is 17.9 Å². The van der Waals surface area contributed by atoms with Crippen LogP contribution >= 0.6 is 0 Å². The van der Waals surface area contributed by atoms with E-state index in [9.17, 15) is 9.90 Å². The van der Waals surface area contributed by atoms with Crippen LogP contribution in [0.5, 0.6) is 5.75 Å². The molecule has 0 bridgehead atoms. The minimum Gasteiger partial charge on any atom is -0.508 e. The van der Waals surface area contributed by atoms with E-state index in [2.05, 4.69) is 5.32 Å². The lowest BCUT2D eigenvalue weighted by Crippen LogP contribution is -2.11. The molecule has 2 N–H and O–H groups in total. The highest BCUT2D eigenvalue weighted by Gasteiger charge is 2.32. The van der Waals surface area contributed by atoms with Crippen LogP contribution in [0.4, 0.5) is 5.69 Å². The lowest BCUT2D eigenvalue weighted by atomic mass is 9.97. The lowest BCUT2D eigenvalue weighted by Gasteiger charge is -2.04. The number of aromatic hydroxyl groups is 1. The average molecular weight is 188 g/mol. The van der Waals surface area contributed by atoms with Gasteiger partial charge in [-0.3, -0.25) is 4.79 Å². The monoisotopic (exact) mass is 188 g/mol. The van der Waals surface area contributed by atoms with Crippen molar-refractivity contribution < 1.29 is 9.90 Å². The van der Waals surface area contributed by atoms with Crippen molar-refractivity contribution in [3.63, 3.8) is 0 Å². The third-order valence-electron chi connectivity index (χ3n) is 2.30. The molecule has 1 atom stereocenters. The number of fused-ring (bicyclic) bond motifs is 1. The molecule has 4 heteroatoms. The van der Waals surface area contributed by atoms with Crippen molar-refractivity contribution in [3.8, 4) is 11.8 Å². The third-order valence-corrected chi connectivity index (χ3v) is 2.30. The van der Waals surface area contributed by atoms with Crippen molar-refractivity contribution in [1.82, 2.24) is 0 Å². The predicted molar refractivity (Wildman–Crippen MR) is 49.7 cm³/mol. The maximum absolute atomic E-state index is 11.4. The van der Waals surface area contributed by atoms with Gasteiger partial charge in [-0.05, 0) is 12.1 Å². The van der Waals surface area contributed by atoms with E-state index in [1.165, 1.54) is 6.07 Å². The van der Waals surface area contributed by atoms with E-state index in [1.807, 2.05) is 6.07 Å². The summed E-state index contributed by atoms with van der Waals surface area (Å²) < 4.78 is 0. The molecule has 1 aliphatic heterocycles. The summed E-state index contributed by atoms with van der Waals surface area (Å²) in [5.74, 6) is -0.680. The number of hydrogen-bond donors (Lipinski definition) is 2. The molecule has 1 aromatic rings. The van der Waals surface area contributed by atoms with E-state index in [4.69, 9.17) is 5.26 Å². The van der Waals surface area contributed by atoms with Crippen LogP contribution in [0.3, 0.4) is 0 Å². The molecule has 0 radical (unpaired) electrons. The number of amides is 1. The fourth-order valence-electron chi connectivity index (χ4n) is 1.67. The minimum absolute atomic E-state index is 0.0705. The largest absolute Gasteiger partial charge is 0.508 e. The first-order chi connectivity index (χ1) is 6.74. The highest BCUT2D eigenvalue weighted by molar-refractivity contribution is 6.03. The van der Waals surface area contributed by atoms with Crippen molar-refractivity contribution in [2.45, 2.75) is 12.3 Å². The summed E-state index contributed by atoms with van der Waals surface area (Å²) in [4.78, 5) is 11.4. The van der Waals surface area contributed by atoms with E-state index in [-0.39, 0.29) is 18.1 Å². The Morgan fingerprint density at radius 1 is 1.57 bits per heavy atom. The summed E-state index contributed by atoms with van der Waals surface area (Å²) in [7, 11) is 0. The normalized spacial score (nSPS) is 18.5. The zero-order chi connectivity index (χ0) is 10.1. The number of carbonyl (C=O) groups excluding carboxylic acids is 1. The quantitative estimate of drug-likeness (QED) is 0.698. The van der Waals surface area contributed by atoms with Crippen LogP contribution in [0, 0.1) is 11.3 Å². The molecular formula is C10H8N2O2. The molecule has 0 saturated carbocycles. The summed E-state index contributed by atoms with van der Waals surface area (Å²) in [6, 6.07) is 6.82. The van der Waals surface area contributed by atoms with Crippen molar-refractivity contribution in [2.75, 3.05) is 5.32 Å². The van der Waals surface area contributed by atoms with Gasteiger partial charge < -0.3 is 10.4 Å². The maximum Gasteiger partial charge on any atom is 0.233 e. The summed E-state index contributed by atoms with van der Waals surface area (Å²) in [6.07, 6.45) is 0.0937. The topological polar surface area (TPSA) is 73.1 Å². The van der Waals surface area contributed by atoms with Gasteiger partial charge in [0.2, 0.25) is 5.91 Å². The Hall–Kier alpha value is -2.02. The first-order valence-corrected chi connectivity index (χ1v) is 4.23. The molecule has 2 rings (SSSR count). The Kier molecular flexibility index (Phi) is 1.86. The molecule has 1 heterocycles. The number of benzene rings is 1. The van der Waals surface area contributed by atoms with Crippen molar-refractivity contribution >= 4 is 11.6 Å². The number of nitrogens with zero attached hydrogens (tertiary/aromatic N) is 1. The van der Waals surface area contributed by atoms with Gasteiger partial charge in [-0.15, -0.1) is 0 Å². The lowest BCUT2D eigenvalue weighted by molar-refractivity contribution is -0.116. The number of phenolic OH excluding ortho intramolecular Hbond substituents is 1. The Morgan fingerprint density at radius 3 is 3.07 bits per heavy atom. The van der Waals surface area contributed by atoms with Crippen molar-refractivity contribution in [2.24, 2.45) is 0 Å². The highest BCUT2D eigenvalue weighted by Crippen LogP contribution is 2.39. The summed E-state index contributed by atoms with van der Waals surface area (Å²) in [5.41, 5.74) is 1.15. The van der Waals surface area contributed by atoms with E-state index < -0.39 is 5.92 Å². The Bertz CT molecular complexity index is 434. The highest BCUT2D eigenvalue weighted by atomic mass is 16.3. The van der Waals surface area contributed by atoms with Gasteiger partial charge in [-0.1, -0.05) is 6.07 Å². The number of rotatable bonds is 1. The standard InChI is InChI=1S/C10H8N2O2/c11-5-4-6-9-7(12-10(6)14)2-1-3-8(9)13/h1-3,6,13H,4H2,(H,12,14). The average Bonchev–Trinajstić information content (AvgIpc) is 2.45. The van der Waals surface area contributed by atoms with Gasteiger partial charge in [-0.2, -0.15) is 5.26 Å². The van der Waals surface area contributed by atoms with Crippen LogP contribution in [-0.2, 0) is 4.79 Å². The smallest absolute Gasteiger partial charge is 0.233 e. The molecule has 4 nitrogen and oxygen atoms in total. The second-order valence-electron chi connectivity index (χ2n) is 3.14. The van der Waals surface area contributed by atoms with Gasteiger partial charge in [0.15, 0.2) is 0 Å². The maximum atomic E-state index is 11.4.